The highest BCUT2D eigenvalue weighted by Crippen LogP contribution is 2.29. The number of carbonyl (C=O) groups is 1. The van der Waals surface area contributed by atoms with Crippen molar-refractivity contribution in [1.82, 2.24) is 19.2 Å². The number of anilines is 1. The maximum atomic E-state index is 13.0. The molecular weight excluding hydrogens is 498 g/mol. The summed E-state index contributed by atoms with van der Waals surface area (Å²) in [5, 5.41) is 11.0. The fourth-order valence-corrected chi connectivity index (χ4v) is 6.48. The molecule has 1 fully saturated rings. The molecule has 4 aromatic rings. The molecule has 0 unspecified atom stereocenters. The average Bonchev–Trinajstić information content (AvgIpc) is 3.27. The van der Waals surface area contributed by atoms with E-state index in [0.717, 1.165) is 10.6 Å². The predicted octanol–water partition coefficient (Wildman–Crippen LogP) is 3.41. The van der Waals surface area contributed by atoms with E-state index >= 15 is 0 Å². The van der Waals surface area contributed by atoms with Crippen LogP contribution in [0.1, 0.15) is 33.8 Å². The minimum absolute atomic E-state index is 0.0301. The molecule has 0 saturated carbocycles. The molecule has 1 aliphatic heterocycles. The van der Waals surface area contributed by atoms with Crippen LogP contribution in [-0.2, 0) is 16.4 Å². The molecule has 5 rings (SSSR count). The Morgan fingerprint density at radius 3 is 2.53 bits per heavy atom. The number of amides is 1. The van der Waals surface area contributed by atoms with Gasteiger partial charge in [0.05, 0.1) is 16.8 Å². The Kier molecular flexibility index (Phi) is 6.45. The first kappa shape index (κ1) is 24.3. The van der Waals surface area contributed by atoms with Gasteiger partial charge in [0.2, 0.25) is 0 Å². The van der Waals surface area contributed by atoms with Crippen LogP contribution < -0.4 is 4.72 Å². The summed E-state index contributed by atoms with van der Waals surface area (Å²) in [6.45, 7) is 2.83. The topological polar surface area (TPSA) is 125 Å². The number of benzene rings is 2. The van der Waals surface area contributed by atoms with Crippen molar-refractivity contribution in [2.24, 2.45) is 0 Å². The molecule has 3 heterocycles. The van der Waals surface area contributed by atoms with Gasteiger partial charge in [-0.3, -0.25) is 19.5 Å². The monoisotopic (exact) mass is 523 g/mol. The number of nitrogens with one attached hydrogen (secondary N) is 1. The highest BCUT2D eigenvalue weighted by Gasteiger charge is 2.34. The van der Waals surface area contributed by atoms with E-state index in [2.05, 4.69) is 19.1 Å². The predicted molar refractivity (Wildman–Crippen MR) is 137 cm³/mol. The first-order chi connectivity index (χ1) is 17.2. The van der Waals surface area contributed by atoms with Gasteiger partial charge in [-0.25, -0.2) is 8.42 Å². The van der Waals surface area contributed by atoms with Crippen LogP contribution in [0.4, 0.5) is 5.69 Å². The van der Waals surface area contributed by atoms with E-state index < -0.39 is 15.6 Å². The summed E-state index contributed by atoms with van der Waals surface area (Å²) >= 11 is 1.40. The van der Waals surface area contributed by atoms with Crippen molar-refractivity contribution < 1.29 is 18.3 Å². The smallest absolute Gasteiger partial charge is 0.264 e. The van der Waals surface area contributed by atoms with Gasteiger partial charge in [0, 0.05) is 48.0 Å². The van der Waals surface area contributed by atoms with E-state index in [1.54, 1.807) is 41.3 Å². The average molecular weight is 524 g/mol. The molecule has 0 atom stereocenters. The van der Waals surface area contributed by atoms with Gasteiger partial charge in [-0.1, -0.05) is 6.07 Å². The Morgan fingerprint density at radius 2 is 1.83 bits per heavy atom. The number of aromatic nitrogens is 3. The van der Waals surface area contributed by atoms with Crippen molar-refractivity contribution in [3.05, 3.63) is 77.1 Å². The summed E-state index contributed by atoms with van der Waals surface area (Å²) in [6.07, 6.45) is 4.47. The first-order valence-corrected chi connectivity index (χ1v) is 13.7. The normalized spacial score (nSPS) is 15.7. The lowest BCUT2D eigenvalue weighted by atomic mass is 9.87. The number of aliphatic hydroxyl groups is 1. The fraction of sp³-hybridized carbons (Fsp3) is 0.280. The minimum atomic E-state index is -3.91. The molecule has 2 aromatic carbocycles. The standard InChI is InChI=1S/C25H25N5O4S2/c1-17-15-20(35-28-17)16-25(32)9-13-30(14-10-25)24(31)18-5-7-19(8-6-18)29-36(33,34)22-4-2-3-21-23(22)27-12-11-26-21/h2-8,11-12,15,29,32H,9-10,13-14,16H2,1H3. The number of sulfonamides is 1. The van der Waals surface area contributed by atoms with Crippen molar-refractivity contribution in [2.75, 3.05) is 17.8 Å². The molecule has 0 aliphatic carbocycles. The summed E-state index contributed by atoms with van der Waals surface area (Å²) in [5.41, 5.74) is 1.66. The zero-order chi connectivity index (χ0) is 25.3. The van der Waals surface area contributed by atoms with Crippen molar-refractivity contribution in [2.45, 2.75) is 36.7 Å². The van der Waals surface area contributed by atoms with Gasteiger partial charge in [0.15, 0.2) is 0 Å². The molecule has 1 saturated heterocycles. The molecule has 186 valence electrons. The summed E-state index contributed by atoms with van der Waals surface area (Å²) in [6, 6.07) is 13.1. The maximum absolute atomic E-state index is 13.0. The largest absolute Gasteiger partial charge is 0.389 e. The molecule has 0 radical (unpaired) electrons. The lowest BCUT2D eigenvalue weighted by molar-refractivity contribution is -0.0157. The third kappa shape index (κ3) is 5.08. The van der Waals surface area contributed by atoms with Gasteiger partial charge >= 0.3 is 0 Å². The van der Waals surface area contributed by atoms with Crippen LogP contribution in [0.3, 0.4) is 0 Å². The number of para-hydroxylation sites is 1. The second-order valence-electron chi connectivity index (χ2n) is 8.99. The lowest BCUT2D eigenvalue weighted by Gasteiger charge is -2.38. The first-order valence-electron chi connectivity index (χ1n) is 11.5. The Labute approximate surface area is 213 Å². The minimum Gasteiger partial charge on any atom is -0.389 e. The third-order valence-corrected chi connectivity index (χ3v) is 8.59. The molecule has 9 nitrogen and oxygen atoms in total. The number of nitrogens with zero attached hydrogens (tertiary/aromatic N) is 4. The maximum Gasteiger partial charge on any atom is 0.264 e. The summed E-state index contributed by atoms with van der Waals surface area (Å²) in [7, 11) is -3.91. The van der Waals surface area contributed by atoms with E-state index in [0.29, 0.717) is 49.1 Å². The molecular formula is C25H25N5O4S2. The fourth-order valence-electron chi connectivity index (χ4n) is 4.38. The number of aryl methyl sites for hydroxylation is 1. The summed E-state index contributed by atoms with van der Waals surface area (Å²) in [4.78, 5) is 24.1. The number of piperidine rings is 1. The number of rotatable bonds is 6. The number of carbonyl (C=O) groups excluding carboxylic acids is 1. The van der Waals surface area contributed by atoms with Crippen molar-refractivity contribution in [3.8, 4) is 0 Å². The van der Waals surface area contributed by atoms with Crippen molar-refractivity contribution >= 4 is 44.2 Å². The van der Waals surface area contributed by atoms with Crippen molar-refractivity contribution in [3.63, 3.8) is 0 Å². The van der Waals surface area contributed by atoms with Crippen molar-refractivity contribution in [1.29, 1.82) is 0 Å². The molecule has 1 amide bonds. The molecule has 0 bridgehead atoms. The van der Waals surface area contributed by atoms with Crippen LogP contribution in [0.5, 0.6) is 0 Å². The van der Waals surface area contributed by atoms with Crippen LogP contribution in [0, 0.1) is 6.92 Å². The van der Waals surface area contributed by atoms with Gasteiger partial charge in [0.25, 0.3) is 15.9 Å². The summed E-state index contributed by atoms with van der Waals surface area (Å²) in [5.74, 6) is -0.149. The second-order valence-corrected chi connectivity index (χ2v) is 11.5. The number of likely N-dealkylation sites (tertiary alicyclic amines) is 1. The Hall–Kier alpha value is -3.41. The highest BCUT2D eigenvalue weighted by atomic mass is 32.2. The van der Waals surface area contributed by atoms with Gasteiger partial charge in [-0.15, -0.1) is 0 Å². The molecule has 0 spiro atoms. The quantitative estimate of drug-likeness (QED) is 0.397. The van der Waals surface area contributed by atoms with Gasteiger partial charge in [0.1, 0.15) is 10.4 Å². The zero-order valence-corrected chi connectivity index (χ0v) is 21.2. The van der Waals surface area contributed by atoms with Crippen LogP contribution in [-0.4, -0.2) is 57.4 Å². The van der Waals surface area contributed by atoms with Gasteiger partial charge in [-0.2, -0.15) is 4.37 Å². The van der Waals surface area contributed by atoms with E-state index in [4.69, 9.17) is 0 Å². The lowest BCUT2D eigenvalue weighted by Crippen LogP contribution is -2.47. The number of hydrogen-bond acceptors (Lipinski definition) is 8. The van der Waals surface area contributed by atoms with Gasteiger partial charge in [-0.05, 0) is 73.8 Å². The molecule has 11 heteroatoms. The number of fused-ring (bicyclic) bond motifs is 1. The van der Waals surface area contributed by atoms with E-state index in [-0.39, 0.29) is 16.3 Å². The zero-order valence-electron chi connectivity index (χ0n) is 19.6. The molecule has 2 aromatic heterocycles. The number of hydrogen-bond donors (Lipinski definition) is 2. The van der Waals surface area contributed by atoms with Crippen LogP contribution >= 0.6 is 11.5 Å². The van der Waals surface area contributed by atoms with Crippen LogP contribution in [0.25, 0.3) is 11.0 Å². The highest BCUT2D eigenvalue weighted by molar-refractivity contribution is 7.93. The van der Waals surface area contributed by atoms with E-state index in [9.17, 15) is 18.3 Å². The Balaban J connectivity index is 1.24. The Morgan fingerprint density at radius 1 is 1.11 bits per heavy atom. The Bertz CT molecular complexity index is 1510. The summed E-state index contributed by atoms with van der Waals surface area (Å²) < 4.78 is 32.8. The SMILES string of the molecule is Cc1cc(CC2(O)CCN(C(=O)c3ccc(NS(=O)(=O)c4cccc5nccnc45)cc3)CC2)sn1. The molecule has 1 aliphatic rings. The van der Waals surface area contributed by atoms with Gasteiger partial charge < -0.3 is 10.0 Å². The van der Waals surface area contributed by atoms with E-state index in [1.165, 1.54) is 30.0 Å². The van der Waals surface area contributed by atoms with Crippen LogP contribution in [0.15, 0.2) is 65.8 Å². The van der Waals surface area contributed by atoms with E-state index in [1.807, 2.05) is 13.0 Å². The molecule has 36 heavy (non-hydrogen) atoms. The second kappa shape index (κ2) is 9.57. The third-order valence-electron chi connectivity index (χ3n) is 6.30. The molecule has 2 N–H and O–H groups in total. The van der Waals surface area contributed by atoms with Crippen LogP contribution in [0.2, 0.25) is 0 Å².